The lowest BCUT2D eigenvalue weighted by molar-refractivity contribution is 0.291. The van der Waals surface area contributed by atoms with Crippen LogP contribution in [0.5, 0.6) is 5.75 Å². The Kier molecular flexibility index (Phi) is 2.77. The highest BCUT2D eigenvalue weighted by molar-refractivity contribution is 5.18. The molecule has 2 N–H and O–H groups in total. The van der Waals surface area contributed by atoms with Gasteiger partial charge in [0.15, 0.2) is 5.75 Å². The molecular formula is C11H16N2O2. The first-order chi connectivity index (χ1) is 7.16. The second-order valence-corrected chi connectivity index (χ2v) is 4.14. The molecule has 1 aliphatic carbocycles. The van der Waals surface area contributed by atoms with Crippen molar-refractivity contribution < 1.29 is 4.74 Å². The van der Waals surface area contributed by atoms with Crippen LogP contribution in [0.1, 0.15) is 25.8 Å². The molecule has 1 fully saturated rings. The van der Waals surface area contributed by atoms with E-state index >= 15 is 0 Å². The van der Waals surface area contributed by atoms with Crippen LogP contribution in [0.3, 0.4) is 0 Å². The van der Waals surface area contributed by atoms with Gasteiger partial charge in [-0.05, 0) is 19.8 Å². The fourth-order valence-electron chi connectivity index (χ4n) is 1.41. The van der Waals surface area contributed by atoms with E-state index in [-0.39, 0.29) is 11.5 Å². The minimum absolute atomic E-state index is 0.0565. The molecule has 1 atom stereocenters. The molecule has 1 unspecified atom stereocenters. The molecule has 0 aliphatic heterocycles. The van der Waals surface area contributed by atoms with Crippen molar-refractivity contribution >= 4 is 0 Å². The molecule has 4 heteroatoms. The number of ether oxygens (including phenoxy) is 1. The highest BCUT2D eigenvalue weighted by atomic mass is 16.5. The van der Waals surface area contributed by atoms with Gasteiger partial charge in [0, 0.05) is 24.3 Å². The molecule has 1 saturated carbocycles. The Hall–Kier alpha value is -1.29. The average molecular weight is 208 g/mol. The number of aromatic nitrogens is 1. The molecule has 1 aromatic rings. The third kappa shape index (κ3) is 2.59. The maximum atomic E-state index is 11.4. The summed E-state index contributed by atoms with van der Waals surface area (Å²) < 4.78 is 7.40. The lowest BCUT2D eigenvalue weighted by Crippen LogP contribution is -2.25. The Morgan fingerprint density at radius 2 is 2.40 bits per heavy atom. The molecule has 15 heavy (non-hydrogen) atoms. The van der Waals surface area contributed by atoms with E-state index in [4.69, 9.17) is 10.5 Å². The summed E-state index contributed by atoms with van der Waals surface area (Å²) in [6.07, 6.45) is 5.98. The fraction of sp³-hybridized carbons (Fsp3) is 0.545. The summed E-state index contributed by atoms with van der Waals surface area (Å²) in [4.78, 5) is 11.4. The molecule has 0 spiro atoms. The number of rotatable bonds is 4. The predicted molar refractivity (Wildman–Crippen MR) is 58.1 cm³/mol. The lowest BCUT2D eigenvalue weighted by Gasteiger charge is -2.10. The molecular weight excluding hydrogens is 192 g/mol. The summed E-state index contributed by atoms with van der Waals surface area (Å²) in [7, 11) is 0. The highest BCUT2D eigenvalue weighted by Crippen LogP contribution is 2.34. The Morgan fingerprint density at radius 3 is 3.00 bits per heavy atom. The summed E-state index contributed by atoms with van der Waals surface area (Å²) >= 11 is 0. The quantitative estimate of drug-likeness (QED) is 0.800. The summed E-state index contributed by atoms with van der Waals surface area (Å²) in [5, 5.41) is 0. The summed E-state index contributed by atoms with van der Waals surface area (Å²) in [6, 6.07) is 2.05. The van der Waals surface area contributed by atoms with E-state index < -0.39 is 0 Å². The second kappa shape index (κ2) is 4.06. The van der Waals surface area contributed by atoms with Gasteiger partial charge in [0.05, 0.1) is 6.20 Å². The maximum absolute atomic E-state index is 11.4. The minimum atomic E-state index is -0.0763. The second-order valence-electron chi connectivity index (χ2n) is 4.14. The van der Waals surface area contributed by atoms with E-state index in [1.54, 1.807) is 12.3 Å². The van der Waals surface area contributed by atoms with E-state index in [0.29, 0.717) is 18.4 Å². The monoisotopic (exact) mass is 208 g/mol. The largest absolute Gasteiger partial charge is 0.486 e. The lowest BCUT2D eigenvalue weighted by atomic mass is 10.4. The highest BCUT2D eigenvalue weighted by Gasteiger charge is 2.22. The van der Waals surface area contributed by atoms with Gasteiger partial charge in [0.1, 0.15) is 6.61 Å². The van der Waals surface area contributed by atoms with E-state index in [2.05, 4.69) is 0 Å². The molecule has 0 saturated heterocycles. The van der Waals surface area contributed by atoms with Crippen LogP contribution in [0.4, 0.5) is 0 Å². The van der Waals surface area contributed by atoms with Crippen molar-refractivity contribution in [1.82, 2.24) is 4.57 Å². The summed E-state index contributed by atoms with van der Waals surface area (Å²) in [5.74, 6) is 0.404. The number of nitrogens with two attached hydrogens (primary N) is 1. The maximum Gasteiger partial charge on any atom is 0.223 e. The Labute approximate surface area is 88.7 Å². The van der Waals surface area contributed by atoms with E-state index in [1.165, 1.54) is 12.8 Å². The zero-order valence-electron chi connectivity index (χ0n) is 8.85. The van der Waals surface area contributed by atoms with Crippen molar-refractivity contribution in [2.45, 2.75) is 31.8 Å². The normalized spacial score (nSPS) is 17.5. The van der Waals surface area contributed by atoms with Crippen LogP contribution < -0.4 is 15.9 Å². The van der Waals surface area contributed by atoms with E-state index in [9.17, 15) is 4.79 Å². The van der Waals surface area contributed by atoms with Crippen LogP contribution in [0.25, 0.3) is 0 Å². The molecule has 2 rings (SSSR count). The predicted octanol–water partition coefficient (Wildman–Crippen LogP) is 0.909. The van der Waals surface area contributed by atoms with Crippen LogP contribution in [-0.4, -0.2) is 17.2 Å². The van der Waals surface area contributed by atoms with Crippen molar-refractivity contribution in [2.75, 3.05) is 6.61 Å². The minimum Gasteiger partial charge on any atom is -0.486 e. The van der Waals surface area contributed by atoms with Crippen molar-refractivity contribution in [2.24, 2.45) is 5.73 Å². The van der Waals surface area contributed by atoms with Gasteiger partial charge in [-0.1, -0.05) is 0 Å². The van der Waals surface area contributed by atoms with Crippen LogP contribution in [0.15, 0.2) is 23.3 Å². The van der Waals surface area contributed by atoms with Crippen molar-refractivity contribution in [3.63, 3.8) is 0 Å². The molecule has 0 radical (unpaired) electrons. The molecule has 4 nitrogen and oxygen atoms in total. The van der Waals surface area contributed by atoms with Crippen LogP contribution >= 0.6 is 0 Å². The first-order valence-electron chi connectivity index (χ1n) is 5.27. The Bertz CT molecular complexity index is 394. The third-order valence-corrected chi connectivity index (χ3v) is 2.38. The van der Waals surface area contributed by atoms with Gasteiger partial charge >= 0.3 is 0 Å². The van der Waals surface area contributed by atoms with Gasteiger partial charge in [0.2, 0.25) is 5.43 Å². The van der Waals surface area contributed by atoms with Crippen molar-refractivity contribution in [3.8, 4) is 5.75 Å². The SMILES string of the molecule is CC(N)COc1cn(C2CC2)ccc1=O. The van der Waals surface area contributed by atoms with Gasteiger partial charge in [-0.15, -0.1) is 0 Å². The number of hydrogen-bond donors (Lipinski definition) is 1. The molecule has 1 aliphatic rings. The summed E-state index contributed by atoms with van der Waals surface area (Å²) in [5.41, 5.74) is 5.49. The first-order valence-corrected chi connectivity index (χ1v) is 5.27. The third-order valence-electron chi connectivity index (χ3n) is 2.38. The van der Waals surface area contributed by atoms with Gasteiger partial charge < -0.3 is 15.0 Å². The topological polar surface area (TPSA) is 57.2 Å². The Balaban J connectivity index is 2.13. The number of hydrogen-bond acceptors (Lipinski definition) is 3. The zero-order chi connectivity index (χ0) is 10.8. The molecule has 1 heterocycles. The van der Waals surface area contributed by atoms with Crippen LogP contribution in [0, 0.1) is 0 Å². The summed E-state index contributed by atoms with van der Waals surface area (Å²) in [6.45, 7) is 2.23. The molecule has 82 valence electrons. The molecule has 0 amide bonds. The molecule has 1 aromatic heterocycles. The van der Waals surface area contributed by atoms with E-state index in [0.717, 1.165) is 0 Å². The standard InChI is InChI=1S/C11H16N2O2/c1-8(12)7-15-11-6-13(9-2-3-9)5-4-10(11)14/h4-6,8-9H,2-3,7,12H2,1H3. The van der Waals surface area contributed by atoms with Gasteiger partial charge in [-0.25, -0.2) is 0 Å². The van der Waals surface area contributed by atoms with E-state index in [1.807, 2.05) is 17.7 Å². The number of pyridine rings is 1. The molecule has 0 bridgehead atoms. The average Bonchev–Trinajstić information content (AvgIpc) is 3.00. The fourth-order valence-corrected chi connectivity index (χ4v) is 1.41. The van der Waals surface area contributed by atoms with Gasteiger partial charge in [-0.3, -0.25) is 4.79 Å². The van der Waals surface area contributed by atoms with Crippen LogP contribution in [0.2, 0.25) is 0 Å². The smallest absolute Gasteiger partial charge is 0.223 e. The van der Waals surface area contributed by atoms with Crippen molar-refractivity contribution in [3.05, 3.63) is 28.7 Å². The van der Waals surface area contributed by atoms with Gasteiger partial charge in [-0.2, -0.15) is 0 Å². The van der Waals surface area contributed by atoms with Gasteiger partial charge in [0.25, 0.3) is 0 Å². The zero-order valence-corrected chi connectivity index (χ0v) is 8.85. The van der Waals surface area contributed by atoms with Crippen LogP contribution in [-0.2, 0) is 0 Å². The number of nitrogens with zero attached hydrogens (tertiary/aromatic N) is 1. The first kappa shape index (κ1) is 10.2. The van der Waals surface area contributed by atoms with Crippen molar-refractivity contribution in [1.29, 1.82) is 0 Å². The Morgan fingerprint density at radius 1 is 1.67 bits per heavy atom. The molecule has 0 aromatic carbocycles.